The molecule has 4 rings (SSSR count). The number of nitrogens with one attached hydrogen (secondary N) is 1. The molecule has 2 fully saturated rings. The predicted molar refractivity (Wildman–Crippen MR) is 89.2 cm³/mol. The van der Waals surface area contributed by atoms with Gasteiger partial charge in [0.2, 0.25) is 5.91 Å². The van der Waals surface area contributed by atoms with Gasteiger partial charge in [0, 0.05) is 36.7 Å². The van der Waals surface area contributed by atoms with Crippen molar-refractivity contribution in [2.45, 2.75) is 31.2 Å². The molecule has 4 nitrogen and oxygen atoms in total. The predicted octanol–water partition coefficient (Wildman–Crippen LogP) is 3.63. The van der Waals surface area contributed by atoms with Gasteiger partial charge in [0.25, 0.3) is 0 Å². The minimum absolute atomic E-state index is 0.0951. The standard InChI is InChI=1S/C19H21FN2O2/c20-13-3-5-14(6-4-13)21-15-7-9-22(10-8-15)19(23)17-12-16(17)18-2-1-11-24-18/h1-6,11,15-17,21H,7-10,12H2. The molecule has 0 bridgehead atoms. The SMILES string of the molecule is O=C(C1CC1c1ccco1)N1CCC(Nc2ccc(F)cc2)CC1. The van der Waals surface area contributed by atoms with Gasteiger partial charge < -0.3 is 14.6 Å². The van der Waals surface area contributed by atoms with E-state index in [9.17, 15) is 9.18 Å². The van der Waals surface area contributed by atoms with Crippen LogP contribution in [-0.2, 0) is 4.79 Å². The zero-order valence-corrected chi connectivity index (χ0v) is 13.5. The van der Waals surface area contributed by atoms with E-state index in [0.29, 0.717) is 6.04 Å². The van der Waals surface area contributed by atoms with Gasteiger partial charge in [-0.15, -0.1) is 0 Å². The van der Waals surface area contributed by atoms with Crippen LogP contribution in [0, 0.1) is 11.7 Å². The molecule has 126 valence electrons. The van der Waals surface area contributed by atoms with E-state index in [1.807, 2.05) is 17.0 Å². The first kappa shape index (κ1) is 15.2. The lowest BCUT2D eigenvalue weighted by molar-refractivity contribution is -0.133. The van der Waals surface area contributed by atoms with Gasteiger partial charge >= 0.3 is 0 Å². The van der Waals surface area contributed by atoms with Crippen molar-refractivity contribution in [1.82, 2.24) is 4.90 Å². The number of anilines is 1. The zero-order chi connectivity index (χ0) is 16.5. The highest BCUT2D eigenvalue weighted by molar-refractivity contribution is 5.83. The summed E-state index contributed by atoms with van der Waals surface area (Å²) < 4.78 is 18.4. The fraction of sp³-hybridized carbons (Fsp3) is 0.421. The lowest BCUT2D eigenvalue weighted by atomic mass is 10.0. The van der Waals surface area contributed by atoms with E-state index in [1.54, 1.807) is 18.4 Å². The lowest BCUT2D eigenvalue weighted by Gasteiger charge is -2.33. The smallest absolute Gasteiger partial charge is 0.226 e. The van der Waals surface area contributed by atoms with Gasteiger partial charge in [0.05, 0.1) is 6.26 Å². The molecule has 2 heterocycles. The largest absolute Gasteiger partial charge is 0.469 e. The molecular weight excluding hydrogens is 307 g/mol. The molecule has 1 amide bonds. The van der Waals surface area contributed by atoms with Gasteiger partial charge in [0.15, 0.2) is 0 Å². The van der Waals surface area contributed by atoms with E-state index in [2.05, 4.69) is 5.32 Å². The van der Waals surface area contributed by atoms with E-state index in [0.717, 1.165) is 43.8 Å². The number of hydrogen-bond donors (Lipinski definition) is 1. The Balaban J connectivity index is 1.27. The number of nitrogens with zero attached hydrogens (tertiary/aromatic N) is 1. The Morgan fingerprint density at radius 3 is 2.58 bits per heavy atom. The molecular formula is C19H21FN2O2. The van der Waals surface area contributed by atoms with Crippen LogP contribution >= 0.6 is 0 Å². The molecule has 1 aliphatic heterocycles. The van der Waals surface area contributed by atoms with Crippen LogP contribution in [0.3, 0.4) is 0 Å². The summed E-state index contributed by atoms with van der Waals surface area (Å²) in [6, 6.07) is 10.6. The van der Waals surface area contributed by atoms with Gasteiger partial charge in [-0.3, -0.25) is 4.79 Å². The van der Waals surface area contributed by atoms with E-state index in [1.165, 1.54) is 12.1 Å². The van der Waals surface area contributed by atoms with Gasteiger partial charge in [-0.2, -0.15) is 0 Å². The fourth-order valence-electron chi connectivity index (χ4n) is 3.55. The van der Waals surface area contributed by atoms with Crippen LogP contribution in [0.2, 0.25) is 0 Å². The highest BCUT2D eigenvalue weighted by Crippen LogP contribution is 2.48. The maximum atomic E-state index is 12.9. The second-order valence-corrected chi connectivity index (χ2v) is 6.71. The summed E-state index contributed by atoms with van der Waals surface area (Å²) in [5.41, 5.74) is 0.932. The van der Waals surface area contributed by atoms with Crippen molar-refractivity contribution in [2.24, 2.45) is 5.92 Å². The molecule has 2 aromatic rings. The molecule has 1 saturated heterocycles. The summed E-state index contributed by atoms with van der Waals surface area (Å²) in [6.07, 6.45) is 4.41. The van der Waals surface area contributed by atoms with Crippen molar-refractivity contribution >= 4 is 11.6 Å². The molecule has 1 aromatic carbocycles. The second kappa shape index (κ2) is 6.30. The third kappa shape index (κ3) is 3.16. The monoisotopic (exact) mass is 328 g/mol. The van der Waals surface area contributed by atoms with Gasteiger partial charge in [-0.25, -0.2) is 4.39 Å². The molecule has 2 unspecified atom stereocenters. The number of halogens is 1. The fourth-order valence-corrected chi connectivity index (χ4v) is 3.55. The summed E-state index contributed by atoms with van der Waals surface area (Å²) in [6.45, 7) is 1.55. The lowest BCUT2D eigenvalue weighted by Crippen LogP contribution is -2.43. The Kier molecular flexibility index (Phi) is 4.00. The molecule has 1 aromatic heterocycles. The summed E-state index contributed by atoms with van der Waals surface area (Å²) in [5, 5.41) is 3.42. The number of benzene rings is 1. The third-order valence-corrected chi connectivity index (χ3v) is 5.04. The van der Waals surface area contributed by atoms with Crippen LogP contribution in [0.15, 0.2) is 47.1 Å². The summed E-state index contributed by atoms with van der Waals surface area (Å²) in [4.78, 5) is 14.6. The highest BCUT2D eigenvalue weighted by atomic mass is 19.1. The van der Waals surface area contributed by atoms with Crippen molar-refractivity contribution < 1.29 is 13.6 Å². The molecule has 1 aliphatic carbocycles. The van der Waals surface area contributed by atoms with Crippen LogP contribution in [0.25, 0.3) is 0 Å². The average Bonchev–Trinajstić information content (AvgIpc) is 3.22. The van der Waals surface area contributed by atoms with Crippen molar-refractivity contribution in [3.63, 3.8) is 0 Å². The minimum atomic E-state index is -0.225. The molecule has 1 saturated carbocycles. The quantitative estimate of drug-likeness (QED) is 0.932. The van der Waals surface area contributed by atoms with Crippen LogP contribution in [-0.4, -0.2) is 29.9 Å². The number of likely N-dealkylation sites (tertiary alicyclic amines) is 1. The van der Waals surface area contributed by atoms with Crippen molar-refractivity contribution in [1.29, 1.82) is 0 Å². The van der Waals surface area contributed by atoms with Crippen molar-refractivity contribution in [3.05, 3.63) is 54.2 Å². The number of furan rings is 1. The number of carbonyl (C=O) groups is 1. The Hall–Kier alpha value is -2.30. The number of piperidine rings is 1. The van der Waals surface area contributed by atoms with Gasteiger partial charge in [-0.05, 0) is 55.7 Å². The first-order valence-corrected chi connectivity index (χ1v) is 8.55. The number of carbonyl (C=O) groups excluding carboxylic acids is 1. The van der Waals surface area contributed by atoms with Crippen LogP contribution in [0.1, 0.15) is 30.9 Å². The maximum absolute atomic E-state index is 12.9. The number of amides is 1. The van der Waals surface area contributed by atoms with E-state index in [-0.39, 0.29) is 23.6 Å². The normalized spacial score (nSPS) is 24.0. The number of hydrogen-bond acceptors (Lipinski definition) is 3. The molecule has 2 atom stereocenters. The maximum Gasteiger partial charge on any atom is 0.226 e. The molecule has 24 heavy (non-hydrogen) atoms. The third-order valence-electron chi connectivity index (χ3n) is 5.04. The summed E-state index contributed by atoms with van der Waals surface area (Å²) in [7, 11) is 0. The topological polar surface area (TPSA) is 45.5 Å². The van der Waals surface area contributed by atoms with Gasteiger partial charge in [0.1, 0.15) is 11.6 Å². The van der Waals surface area contributed by atoms with E-state index < -0.39 is 0 Å². The van der Waals surface area contributed by atoms with Crippen molar-refractivity contribution in [3.8, 4) is 0 Å². The van der Waals surface area contributed by atoms with Crippen LogP contribution in [0.5, 0.6) is 0 Å². The Morgan fingerprint density at radius 1 is 1.17 bits per heavy atom. The number of rotatable bonds is 4. The molecule has 1 N–H and O–H groups in total. The van der Waals surface area contributed by atoms with Gasteiger partial charge in [-0.1, -0.05) is 0 Å². The second-order valence-electron chi connectivity index (χ2n) is 6.71. The summed E-state index contributed by atoms with van der Waals surface area (Å²) in [5.74, 6) is 1.33. The van der Waals surface area contributed by atoms with E-state index >= 15 is 0 Å². The Morgan fingerprint density at radius 2 is 1.92 bits per heavy atom. The van der Waals surface area contributed by atoms with Crippen LogP contribution in [0.4, 0.5) is 10.1 Å². The first-order chi connectivity index (χ1) is 11.7. The molecule has 2 aliphatic rings. The van der Waals surface area contributed by atoms with E-state index in [4.69, 9.17) is 4.42 Å². The summed E-state index contributed by atoms with van der Waals surface area (Å²) >= 11 is 0. The first-order valence-electron chi connectivity index (χ1n) is 8.55. The molecule has 5 heteroatoms. The Labute approximate surface area is 140 Å². The van der Waals surface area contributed by atoms with Crippen LogP contribution < -0.4 is 5.32 Å². The Bertz CT molecular complexity index is 691. The minimum Gasteiger partial charge on any atom is -0.469 e. The highest BCUT2D eigenvalue weighted by Gasteiger charge is 2.47. The molecule has 0 radical (unpaired) electrons. The molecule has 0 spiro atoms. The van der Waals surface area contributed by atoms with Crippen molar-refractivity contribution in [2.75, 3.05) is 18.4 Å². The zero-order valence-electron chi connectivity index (χ0n) is 13.5. The average molecular weight is 328 g/mol.